The van der Waals surface area contributed by atoms with E-state index < -0.39 is 0 Å². The van der Waals surface area contributed by atoms with Gasteiger partial charge in [0.2, 0.25) is 0 Å². The number of amides is 2. The molecule has 0 aliphatic heterocycles. The average Bonchev–Trinajstić information content (AvgIpc) is 3.21. The second kappa shape index (κ2) is 8.66. The van der Waals surface area contributed by atoms with E-state index in [1.165, 1.54) is 13.3 Å². The molecule has 2 heterocycles. The number of anilines is 1. The highest BCUT2D eigenvalue weighted by Gasteiger charge is 2.15. The van der Waals surface area contributed by atoms with E-state index in [9.17, 15) is 9.59 Å². The maximum atomic E-state index is 12.8. The minimum atomic E-state index is -0.363. The number of ether oxygens (including phenoxy) is 1. The summed E-state index contributed by atoms with van der Waals surface area (Å²) in [4.78, 5) is 29.2. The molecule has 0 fully saturated rings. The zero-order valence-electron chi connectivity index (χ0n) is 17.1. The number of rotatable bonds is 6. The van der Waals surface area contributed by atoms with Crippen LogP contribution in [0.15, 0.2) is 67.0 Å². The van der Waals surface area contributed by atoms with Gasteiger partial charge < -0.3 is 15.4 Å². The summed E-state index contributed by atoms with van der Waals surface area (Å²) in [6.07, 6.45) is 3.20. The fraction of sp³-hybridized carbons (Fsp3) is 0.130. The highest BCUT2D eigenvalue weighted by Crippen LogP contribution is 2.26. The molecule has 0 atom stereocenters. The van der Waals surface area contributed by atoms with Gasteiger partial charge in [0, 0.05) is 24.2 Å². The number of methoxy groups -OCH3 is 1. The topological polar surface area (TPSA) is 98.1 Å². The Morgan fingerprint density at radius 3 is 2.55 bits per heavy atom. The second-order valence-corrected chi connectivity index (χ2v) is 6.87. The van der Waals surface area contributed by atoms with Gasteiger partial charge in [-0.25, -0.2) is 9.67 Å². The van der Waals surface area contributed by atoms with Gasteiger partial charge in [-0.2, -0.15) is 5.10 Å². The molecule has 0 bridgehead atoms. The standard InChI is InChI=1S/C23H21N5O3/c1-24-22(29)16-8-9-20(31-2)19(11-16)27-23(30)18-10-17-13-26-28(21(17)25-12-18)14-15-6-4-3-5-7-15/h3-13H,14H2,1-2H3,(H,24,29)(H,27,30). The van der Waals surface area contributed by atoms with Crippen LogP contribution in [0, 0.1) is 0 Å². The summed E-state index contributed by atoms with van der Waals surface area (Å²) in [7, 11) is 3.04. The Balaban J connectivity index is 1.58. The average molecular weight is 415 g/mol. The minimum absolute atomic E-state index is 0.257. The predicted molar refractivity (Wildman–Crippen MR) is 117 cm³/mol. The minimum Gasteiger partial charge on any atom is -0.495 e. The van der Waals surface area contributed by atoms with Crippen LogP contribution in [0.4, 0.5) is 5.69 Å². The molecule has 4 aromatic rings. The van der Waals surface area contributed by atoms with Crippen molar-refractivity contribution in [2.24, 2.45) is 0 Å². The fourth-order valence-electron chi connectivity index (χ4n) is 3.25. The summed E-state index contributed by atoms with van der Waals surface area (Å²) in [5.41, 5.74) is 2.99. The number of aromatic nitrogens is 3. The van der Waals surface area contributed by atoms with Gasteiger partial charge in [-0.05, 0) is 29.8 Å². The van der Waals surface area contributed by atoms with Gasteiger partial charge in [0.1, 0.15) is 5.75 Å². The quantitative estimate of drug-likeness (QED) is 0.504. The highest BCUT2D eigenvalue weighted by molar-refractivity contribution is 6.07. The van der Waals surface area contributed by atoms with E-state index in [0.29, 0.717) is 34.8 Å². The first-order chi connectivity index (χ1) is 15.1. The summed E-state index contributed by atoms with van der Waals surface area (Å²) >= 11 is 0. The van der Waals surface area contributed by atoms with E-state index >= 15 is 0 Å². The lowest BCUT2D eigenvalue weighted by Crippen LogP contribution is -2.19. The number of carbonyl (C=O) groups is 2. The molecule has 8 heteroatoms. The van der Waals surface area contributed by atoms with Crippen LogP contribution in [0.5, 0.6) is 5.75 Å². The van der Waals surface area contributed by atoms with E-state index in [1.807, 2.05) is 30.3 Å². The largest absolute Gasteiger partial charge is 0.495 e. The number of hydrogen-bond donors (Lipinski definition) is 2. The monoisotopic (exact) mass is 415 g/mol. The van der Waals surface area contributed by atoms with Crippen LogP contribution in [-0.2, 0) is 6.54 Å². The molecule has 0 saturated carbocycles. The molecule has 0 unspecified atom stereocenters. The zero-order valence-corrected chi connectivity index (χ0v) is 17.1. The Hall–Kier alpha value is -4.20. The highest BCUT2D eigenvalue weighted by atomic mass is 16.5. The van der Waals surface area contributed by atoms with Crippen molar-refractivity contribution in [3.8, 4) is 5.75 Å². The van der Waals surface area contributed by atoms with Gasteiger partial charge >= 0.3 is 0 Å². The Morgan fingerprint density at radius 1 is 1.00 bits per heavy atom. The van der Waals surface area contributed by atoms with E-state index in [2.05, 4.69) is 20.7 Å². The van der Waals surface area contributed by atoms with Crippen molar-refractivity contribution >= 4 is 28.5 Å². The van der Waals surface area contributed by atoms with E-state index in [1.54, 1.807) is 42.2 Å². The van der Waals surface area contributed by atoms with Crippen molar-refractivity contribution < 1.29 is 14.3 Å². The van der Waals surface area contributed by atoms with Crippen LogP contribution in [0.3, 0.4) is 0 Å². The van der Waals surface area contributed by atoms with E-state index in [4.69, 9.17) is 4.74 Å². The van der Waals surface area contributed by atoms with Gasteiger partial charge in [-0.3, -0.25) is 9.59 Å². The Morgan fingerprint density at radius 2 is 1.81 bits per heavy atom. The summed E-state index contributed by atoms with van der Waals surface area (Å²) < 4.78 is 7.10. The lowest BCUT2D eigenvalue weighted by atomic mass is 10.1. The number of nitrogens with zero attached hydrogens (tertiary/aromatic N) is 3. The van der Waals surface area contributed by atoms with Crippen molar-refractivity contribution in [3.63, 3.8) is 0 Å². The summed E-state index contributed by atoms with van der Waals surface area (Å²) in [6, 6.07) is 16.5. The van der Waals surface area contributed by atoms with Gasteiger partial charge in [0.15, 0.2) is 5.65 Å². The molecule has 2 aromatic carbocycles. The molecule has 0 radical (unpaired) electrons. The van der Waals surface area contributed by atoms with Crippen molar-refractivity contribution in [1.29, 1.82) is 0 Å². The van der Waals surface area contributed by atoms with Crippen molar-refractivity contribution in [1.82, 2.24) is 20.1 Å². The molecule has 0 aliphatic rings. The number of carbonyl (C=O) groups excluding carboxylic acids is 2. The first kappa shape index (κ1) is 20.1. The van der Waals surface area contributed by atoms with Gasteiger partial charge in [0.25, 0.3) is 11.8 Å². The molecule has 2 amide bonds. The number of fused-ring (bicyclic) bond motifs is 1. The van der Waals surface area contributed by atoms with Crippen LogP contribution >= 0.6 is 0 Å². The van der Waals surface area contributed by atoms with Gasteiger partial charge in [-0.15, -0.1) is 0 Å². The molecular formula is C23H21N5O3. The Bertz CT molecular complexity index is 1250. The molecule has 0 spiro atoms. The number of benzene rings is 2. The maximum absolute atomic E-state index is 12.8. The van der Waals surface area contributed by atoms with Gasteiger partial charge in [-0.1, -0.05) is 30.3 Å². The third kappa shape index (κ3) is 4.23. The van der Waals surface area contributed by atoms with Crippen LogP contribution < -0.4 is 15.4 Å². The van der Waals surface area contributed by atoms with Crippen molar-refractivity contribution in [2.75, 3.05) is 19.5 Å². The molecule has 2 aromatic heterocycles. The SMILES string of the molecule is CNC(=O)c1ccc(OC)c(NC(=O)c2cnc3c(cnn3Cc3ccccc3)c2)c1. The second-order valence-electron chi connectivity index (χ2n) is 6.87. The van der Waals surface area contributed by atoms with Crippen LogP contribution in [0.1, 0.15) is 26.3 Å². The molecule has 31 heavy (non-hydrogen) atoms. The van der Waals surface area contributed by atoms with Crippen LogP contribution in [0.2, 0.25) is 0 Å². The lowest BCUT2D eigenvalue weighted by Gasteiger charge is -2.12. The molecule has 156 valence electrons. The first-order valence-electron chi connectivity index (χ1n) is 9.66. The smallest absolute Gasteiger partial charge is 0.257 e. The predicted octanol–water partition coefficient (Wildman–Crippen LogP) is 3.10. The van der Waals surface area contributed by atoms with Crippen LogP contribution in [-0.4, -0.2) is 40.7 Å². The molecular weight excluding hydrogens is 394 g/mol. The zero-order chi connectivity index (χ0) is 21.8. The summed E-state index contributed by atoms with van der Waals surface area (Å²) in [5, 5.41) is 10.5. The Labute approximate surface area is 178 Å². The van der Waals surface area contributed by atoms with Gasteiger partial charge in [0.05, 0.1) is 31.1 Å². The third-order valence-corrected chi connectivity index (χ3v) is 4.85. The summed E-state index contributed by atoms with van der Waals surface area (Å²) in [6.45, 7) is 0.590. The summed E-state index contributed by atoms with van der Waals surface area (Å²) in [5.74, 6) is -0.171. The number of pyridine rings is 1. The number of hydrogen-bond acceptors (Lipinski definition) is 5. The first-order valence-corrected chi connectivity index (χ1v) is 9.66. The molecule has 2 N–H and O–H groups in total. The Kier molecular flexibility index (Phi) is 5.61. The molecule has 8 nitrogen and oxygen atoms in total. The van der Waals surface area contributed by atoms with Crippen molar-refractivity contribution in [3.05, 3.63) is 83.7 Å². The van der Waals surface area contributed by atoms with E-state index in [-0.39, 0.29) is 11.8 Å². The molecule has 0 aliphatic carbocycles. The lowest BCUT2D eigenvalue weighted by molar-refractivity contribution is 0.0961. The normalized spacial score (nSPS) is 10.6. The molecule has 0 saturated heterocycles. The molecule has 4 rings (SSSR count). The number of nitrogens with one attached hydrogen (secondary N) is 2. The third-order valence-electron chi connectivity index (χ3n) is 4.85. The maximum Gasteiger partial charge on any atom is 0.257 e. The van der Waals surface area contributed by atoms with Crippen molar-refractivity contribution in [2.45, 2.75) is 6.54 Å². The van der Waals surface area contributed by atoms with E-state index in [0.717, 1.165) is 10.9 Å². The van der Waals surface area contributed by atoms with Crippen LogP contribution in [0.25, 0.3) is 11.0 Å². The fourth-order valence-corrected chi connectivity index (χ4v) is 3.25.